The minimum Gasteiger partial charge on any atom is -0.326 e. The number of amides is 2. The molecule has 130 valence electrons. The molecule has 1 aliphatic rings. The number of fused-ring (bicyclic) bond motifs is 1. The van der Waals surface area contributed by atoms with Crippen LogP contribution in [0, 0.1) is 0 Å². The number of aliphatic imine (C=N–C) groups is 1. The van der Waals surface area contributed by atoms with Crippen molar-refractivity contribution in [2.75, 3.05) is 5.32 Å². The average molecular weight is 355 g/mol. The molecule has 25 heavy (non-hydrogen) atoms. The van der Waals surface area contributed by atoms with E-state index in [9.17, 15) is 9.59 Å². The van der Waals surface area contributed by atoms with Gasteiger partial charge in [0.15, 0.2) is 5.17 Å². The highest BCUT2D eigenvalue weighted by Gasteiger charge is 2.32. The third-order valence-corrected chi connectivity index (χ3v) is 5.20. The summed E-state index contributed by atoms with van der Waals surface area (Å²) in [6.07, 6.45) is 1.04. The van der Waals surface area contributed by atoms with Crippen LogP contribution in [0.1, 0.15) is 26.7 Å². The van der Waals surface area contributed by atoms with Crippen molar-refractivity contribution in [1.29, 1.82) is 0 Å². The fourth-order valence-electron chi connectivity index (χ4n) is 2.54. The Morgan fingerprint density at radius 3 is 2.80 bits per heavy atom. The lowest BCUT2D eigenvalue weighted by molar-refractivity contribution is -0.122. The summed E-state index contributed by atoms with van der Waals surface area (Å²) >= 11 is 1.33. The van der Waals surface area contributed by atoms with Crippen molar-refractivity contribution in [2.45, 2.75) is 38.0 Å². The Labute approximate surface area is 151 Å². The Bertz CT molecular complexity index is 834. The van der Waals surface area contributed by atoms with Crippen LogP contribution in [0.5, 0.6) is 0 Å². The van der Waals surface area contributed by atoms with Crippen molar-refractivity contribution < 1.29 is 9.59 Å². The SMILES string of the molecule is CC[C@H](C)N=C1NC(=O)[C@H](CC(=O)Nc2ccc3ccccc3c2)S1. The normalized spacial score (nSPS) is 19.8. The summed E-state index contributed by atoms with van der Waals surface area (Å²) in [7, 11) is 0. The first-order valence-electron chi connectivity index (χ1n) is 8.39. The molecule has 0 aromatic heterocycles. The maximum absolute atomic E-state index is 12.3. The first kappa shape index (κ1) is 17.5. The van der Waals surface area contributed by atoms with Crippen LogP contribution in [-0.4, -0.2) is 28.3 Å². The van der Waals surface area contributed by atoms with Crippen LogP contribution in [0.3, 0.4) is 0 Å². The summed E-state index contributed by atoms with van der Waals surface area (Å²) in [5.41, 5.74) is 0.737. The Morgan fingerprint density at radius 1 is 1.28 bits per heavy atom. The zero-order chi connectivity index (χ0) is 17.8. The van der Waals surface area contributed by atoms with Crippen molar-refractivity contribution in [2.24, 2.45) is 4.99 Å². The molecule has 0 aliphatic carbocycles. The number of nitrogens with one attached hydrogen (secondary N) is 2. The fraction of sp³-hybridized carbons (Fsp3) is 0.316. The van der Waals surface area contributed by atoms with E-state index in [4.69, 9.17) is 0 Å². The van der Waals surface area contributed by atoms with E-state index in [1.54, 1.807) is 0 Å². The van der Waals surface area contributed by atoms with Gasteiger partial charge in [-0.2, -0.15) is 0 Å². The molecule has 0 unspecified atom stereocenters. The lowest BCUT2D eigenvalue weighted by Crippen LogP contribution is -2.28. The number of rotatable bonds is 5. The highest BCUT2D eigenvalue weighted by Crippen LogP contribution is 2.24. The number of thioether (sulfide) groups is 1. The largest absolute Gasteiger partial charge is 0.326 e. The summed E-state index contributed by atoms with van der Waals surface area (Å²) < 4.78 is 0. The first-order chi connectivity index (χ1) is 12.0. The van der Waals surface area contributed by atoms with E-state index in [0.717, 1.165) is 22.9 Å². The Morgan fingerprint density at radius 2 is 2.04 bits per heavy atom. The molecule has 2 aromatic carbocycles. The Balaban J connectivity index is 1.62. The van der Waals surface area contributed by atoms with Gasteiger partial charge in [-0.3, -0.25) is 14.6 Å². The summed E-state index contributed by atoms with van der Waals surface area (Å²) in [4.78, 5) is 28.8. The van der Waals surface area contributed by atoms with Gasteiger partial charge < -0.3 is 10.6 Å². The monoisotopic (exact) mass is 355 g/mol. The molecule has 1 heterocycles. The zero-order valence-electron chi connectivity index (χ0n) is 14.3. The molecule has 3 rings (SSSR count). The van der Waals surface area contributed by atoms with E-state index in [0.29, 0.717) is 5.17 Å². The number of anilines is 1. The summed E-state index contributed by atoms with van der Waals surface area (Å²) in [6, 6.07) is 13.9. The molecule has 2 atom stereocenters. The zero-order valence-corrected chi connectivity index (χ0v) is 15.1. The highest BCUT2D eigenvalue weighted by molar-refractivity contribution is 8.15. The number of carbonyl (C=O) groups is 2. The summed E-state index contributed by atoms with van der Waals surface area (Å²) in [5, 5.41) is 8.01. The molecule has 0 radical (unpaired) electrons. The van der Waals surface area contributed by atoms with Crippen LogP contribution in [0.2, 0.25) is 0 Å². The summed E-state index contributed by atoms with van der Waals surface area (Å²) in [5.74, 6) is -0.326. The standard InChI is InChI=1S/C19H21N3O2S/c1-3-12(2)20-19-22-18(24)16(25-19)11-17(23)21-15-9-8-13-6-4-5-7-14(13)10-15/h4-10,12,16H,3,11H2,1-2H3,(H,21,23)(H,20,22,24)/t12-,16-/m0/s1. The molecule has 1 saturated heterocycles. The number of amidine groups is 1. The van der Waals surface area contributed by atoms with Gasteiger partial charge in [0, 0.05) is 18.2 Å². The number of nitrogens with zero attached hydrogens (tertiary/aromatic N) is 1. The molecular weight excluding hydrogens is 334 g/mol. The van der Waals surface area contributed by atoms with Gasteiger partial charge in [-0.25, -0.2) is 0 Å². The Hall–Kier alpha value is -2.34. The van der Waals surface area contributed by atoms with Crippen LogP contribution in [0.15, 0.2) is 47.5 Å². The fourth-order valence-corrected chi connectivity index (χ4v) is 3.61. The van der Waals surface area contributed by atoms with Crippen LogP contribution in [-0.2, 0) is 9.59 Å². The third-order valence-electron chi connectivity index (χ3n) is 4.11. The Kier molecular flexibility index (Phi) is 5.38. The predicted octanol–water partition coefficient (Wildman–Crippen LogP) is 3.55. The molecule has 0 saturated carbocycles. The van der Waals surface area contributed by atoms with Gasteiger partial charge in [0.2, 0.25) is 11.8 Å². The van der Waals surface area contributed by atoms with E-state index in [1.165, 1.54) is 11.8 Å². The number of hydrogen-bond acceptors (Lipinski definition) is 4. The lowest BCUT2D eigenvalue weighted by atomic mass is 10.1. The van der Waals surface area contributed by atoms with E-state index in [2.05, 4.69) is 15.6 Å². The molecule has 1 fully saturated rings. The van der Waals surface area contributed by atoms with Crippen molar-refractivity contribution in [3.8, 4) is 0 Å². The molecule has 2 N–H and O–H groups in total. The van der Waals surface area contributed by atoms with E-state index in [-0.39, 0.29) is 24.3 Å². The third kappa shape index (κ3) is 4.39. The maximum Gasteiger partial charge on any atom is 0.240 e. The molecule has 1 aliphatic heterocycles. The smallest absolute Gasteiger partial charge is 0.240 e. The van der Waals surface area contributed by atoms with Gasteiger partial charge in [0.1, 0.15) is 5.25 Å². The first-order valence-corrected chi connectivity index (χ1v) is 9.27. The van der Waals surface area contributed by atoms with Crippen LogP contribution in [0.25, 0.3) is 10.8 Å². The topological polar surface area (TPSA) is 70.6 Å². The van der Waals surface area contributed by atoms with E-state index in [1.807, 2.05) is 56.3 Å². The quantitative estimate of drug-likeness (QED) is 0.861. The van der Waals surface area contributed by atoms with Gasteiger partial charge in [-0.05, 0) is 36.2 Å². The maximum atomic E-state index is 12.3. The summed E-state index contributed by atoms with van der Waals surface area (Å²) in [6.45, 7) is 4.05. The average Bonchev–Trinajstić information content (AvgIpc) is 2.93. The second-order valence-corrected chi connectivity index (χ2v) is 7.29. The van der Waals surface area contributed by atoms with Gasteiger partial charge >= 0.3 is 0 Å². The van der Waals surface area contributed by atoms with Gasteiger partial charge in [-0.1, -0.05) is 49.0 Å². The van der Waals surface area contributed by atoms with Gasteiger partial charge in [0.05, 0.1) is 0 Å². The molecular formula is C19H21N3O2S. The molecule has 2 aromatic rings. The molecule has 0 bridgehead atoms. The second-order valence-electron chi connectivity index (χ2n) is 6.10. The second kappa shape index (κ2) is 7.70. The molecule has 6 heteroatoms. The molecule has 2 amide bonds. The van der Waals surface area contributed by atoms with Gasteiger partial charge in [-0.15, -0.1) is 0 Å². The molecule has 5 nitrogen and oxygen atoms in total. The minimum absolute atomic E-state index is 0.128. The van der Waals surface area contributed by atoms with Crippen LogP contribution in [0.4, 0.5) is 5.69 Å². The predicted molar refractivity (Wildman–Crippen MR) is 104 cm³/mol. The lowest BCUT2D eigenvalue weighted by Gasteiger charge is -2.08. The van der Waals surface area contributed by atoms with Crippen LogP contribution < -0.4 is 10.6 Å². The van der Waals surface area contributed by atoms with Gasteiger partial charge in [0.25, 0.3) is 0 Å². The number of benzene rings is 2. The minimum atomic E-state index is -0.428. The number of hydrogen-bond donors (Lipinski definition) is 2. The number of carbonyl (C=O) groups excluding carboxylic acids is 2. The van der Waals surface area contributed by atoms with E-state index < -0.39 is 5.25 Å². The van der Waals surface area contributed by atoms with Crippen LogP contribution >= 0.6 is 11.8 Å². The highest BCUT2D eigenvalue weighted by atomic mass is 32.2. The van der Waals surface area contributed by atoms with Crippen molar-refractivity contribution in [1.82, 2.24) is 5.32 Å². The molecule has 0 spiro atoms. The van der Waals surface area contributed by atoms with E-state index >= 15 is 0 Å². The van der Waals surface area contributed by atoms with Crippen molar-refractivity contribution in [3.05, 3.63) is 42.5 Å². The van der Waals surface area contributed by atoms with Crippen molar-refractivity contribution >= 4 is 45.2 Å². The van der Waals surface area contributed by atoms with Crippen molar-refractivity contribution in [3.63, 3.8) is 0 Å².